The van der Waals surface area contributed by atoms with Crippen LogP contribution in [0.15, 0.2) is 29.3 Å². The summed E-state index contributed by atoms with van der Waals surface area (Å²) < 4.78 is 17.3. The van der Waals surface area contributed by atoms with Crippen LogP contribution in [0.1, 0.15) is 39.2 Å². The van der Waals surface area contributed by atoms with Gasteiger partial charge in [-0.15, -0.1) is 0 Å². The summed E-state index contributed by atoms with van der Waals surface area (Å²) in [7, 11) is 1.83. The van der Waals surface area contributed by atoms with Crippen LogP contribution >= 0.6 is 0 Å². The summed E-state index contributed by atoms with van der Waals surface area (Å²) in [5.41, 5.74) is 1.35. The first-order valence-electron chi connectivity index (χ1n) is 12.1. The summed E-state index contributed by atoms with van der Waals surface area (Å²) in [6, 6.07) is 8.56. The molecule has 180 valence electrons. The zero-order chi connectivity index (χ0) is 22.8. The average molecular weight is 447 g/mol. The topological polar surface area (TPSA) is 67.4 Å². The lowest BCUT2D eigenvalue weighted by Crippen LogP contribution is -2.52. The molecule has 1 aromatic carbocycles. The second kappa shape index (κ2) is 12.4. The lowest BCUT2D eigenvalue weighted by atomic mass is 9.74. The zero-order valence-corrected chi connectivity index (χ0v) is 20.4. The number of nitrogens with one attached hydrogen (secondary N) is 2. The van der Waals surface area contributed by atoms with Crippen LogP contribution < -0.4 is 15.4 Å². The quantitative estimate of drug-likeness (QED) is 0.449. The van der Waals surface area contributed by atoms with Gasteiger partial charge in [-0.05, 0) is 43.4 Å². The molecule has 2 saturated heterocycles. The van der Waals surface area contributed by atoms with Crippen LogP contribution in [0.5, 0.6) is 5.75 Å². The molecule has 2 fully saturated rings. The van der Waals surface area contributed by atoms with Gasteiger partial charge in [-0.1, -0.05) is 26.0 Å². The summed E-state index contributed by atoms with van der Waals surface area (Å²) in [5.74, 6) is 2.42. The van der Waals surface area contributed by atoms with Gasteiger partial charge >= 0.3 is 0 Å². The van der Waals surface area contributed by atoms with Crippen LogP contribution in [0.3, 0.4) is 0 Å². The van der Waals surface area contributed by atoms with Gasteiger partial charge < -0.3 is 24.8 Å². The van der Waals surface area contributed by atoms with E-state index in [1.54, 1.807) is 0 Å². The summed E-state index contributed by atoms with van der Waals surface area (Å²) in [4.78, 5) is 6.96. The summed E-state index contributed by atoms with van der Waals surface area (Å²) >= 11 is 0. The molecule has 0 radical (unpaired) electrons. The van der Waals surface area contributed by atoms with Crippen molar-refractivity contribution >= 4 is 5.96 Å². The molecule has 2 aliphatic heterocycles. The predicted molar refractivity (Wildman–Crippen MR) is 130 cm³/mol. The van der Waals surface area contributed by atoms with Gasteiger partial charge in [-0.25, -0.2) is 0 Å². The van der Waals surface area contributed by atoms with E-state index in [-0.39, 0.29) is 11.5 Å². The third-order valence-corrected chi connectivity index (χ3v) is 6.39. The highest BCUT2D eigenvalue weighted by atomic mass is 16.5. The van der Waals surface area contributed by atoms with E-state index < -0.39 is 0 Å². The molecule has 7 nitrogen and oxygen atoms in total. The van der Waals surface area contributed by atoms with E-state index in [2.05, 4.69) is 58.6 Å². The first-order chi connectivity index (χ1) is 15.5. The minimum absolute atomic E-state index is 0.0238. The summed E-state index contributed by atoms with van der Waals surface area (Å²) in [5, 5.41) is 7.07. The average Bonchev–Trinajstić information content (AvgIpc) is 2.80. The van der Waals surface area contributed by atoms with Crippen LogP contribution in [0.2, 0.25) is 0 Å². The van der Waals surface area contributed by atoms with Crippen molar-refractivity contribution in [3.63, 3.8) is 0 Å². The number of benzene rings is 1. The third-order valence-electron chi connectivity index (χ3n) is 6.39. The Morgan fingerprint density at radius 2 is 1.94 bits per heavy atom. The molecular weight excluding hydrogens is 404 g/mol. The smallest absolute Gasteiger partial charge is 0.191 e. The van der Waals surface area contributed by atoms with Crippen molar-refractivity contribution in [1.82, 2.24) is 15.5 Å². The third kappa shape index (κ3) is 7.09. The lowest BCUT2D eigenvalue weighted by molar-refractivity contribution is -0.0284. The Balaban J connectivity index is 1.56. The lowest BCUT2D eigenvalue weighted by Gasteiger charge is -2.38. The number of nitrogens with zero attached hydrogens (tertiary/aromatic N) is 2. The Labute approximate surface area is 193 Å². The van der Waals surface area contributed by atoms with Crippen molar-refractivity contribution in [2.75, 3.05) is 66.2 Å². The van der Waals surface area contributed by atoms with E-state index in [1.165, 1.54) is 5.56 Å². The molecule has 1 atom stereocenters. The molecule has 3 rings (SSSR count). The van der Waals surface area contributed by atoms with Crippen molar-refractivity contribution in [1.29, 1.82) is 0 Å². The molecule has 2 N–H and O–H groups in total. The van der Waals surface area contributed by atoms with Gasteiger partial charge in [-0.2, -0.15) is 0 Å². The first kappa shape index (κ1) is 24.8. The number of rotatable bonds is 9. The van der Waals surface area contributed by atoms with Gasteiger partial charge in [0.1, 0.15) is 5.75 Å². The van der Waals surface area contributed by atoms with Gasteiger partial charge in [0, 0.05) is 58.4 Å². The summed E-state index contributed by atoms with van der Waals surface area (Å²) in [6.07, 6.45) is 2.16. The Morgan fingerprint density at radius 1 is 1.19 bits per heavy atom. The van der Waals surface area contributed by atoms with Crippen molar-refractivity contribution in [3.8, 4) is 5.75 Å². The van der Waals surface area contributed by atoms with E-state index in [1.807, 2.05) is 14.0 Å². The first-order valence-corrected chi connectivity index (χ1v) is 12.1. The molecule has 2 aliphatic rings. The highest BCUT2D eigenvalue weighted by Crippen LogP contribution is 2.35. The van der Waals surface area contributed by atoms with Gasteiger partial charge in [0.05, 0.1) is 19.3 Å². The Hall–Kier alpha value is -1.83. The maximum atomic E-state index is 5.98. The fraction of sp³-hybridized carbons (Fsp3) is 0.720. The van der Waals surface area contributed by atoms with E-state index >= 15 is 0 Å². The molecule has 1 unspecified atom stereocenters. The second-order valence-electron chi connectivity index (χ2n) is 9.30. The van der Waals surface area contributed by atoms with Gasteiger partial charge in [0.25, 0.3) is 0 Å². The molecule has 0 bridgehead atoms. The predicted octanol–water partition coefficient (Wildman–Crippen LogP) is 2.66. The Kier molecular flexibility index (Phi) is 9.63. The minimum Gasteiger partial charge on any atom is -0.494 e. The maximum Gasteiger partial charge on any atom is 0.191 e. The molecule has 0 aliphatic carbocycles. The highest BCUT2D eigenvalue weighted by molar-refractivity contribution is 5.79. The van der Waals surface area contributed by atoms with Crippen LogP contribution in [-0.4, -0.2) is 83.2 Å². The minimum atomic E-state index is 0.0238. The van der Waals surface area contributed by atoms with E-state index in [4.69, 9.17) is 14.2 Å². The molecule has 0 spiro atoms. The van der Waals surface area contributed by atoms with Crippen molar-refractivity contribution in [3.05, 3.63) is 29.8 Å². The number of hydrogen-bond acceptors (Lipinski definition) is 5. The highest BCUT2D eigenvalue weighted by Gasteiger charge is 2.34. The Bertz CT molecular complexity index is 702. The normalized spacial score (nSPS) is 22.0. The van der Waals surface area contributed by atoms with Crippen LogP contribution in [0.25, 0.3) is 0 Å². The number of aliphatic imine (C=N–C) groups is 1. The van der Waals surface area contributed by atoms with Crippen molar-refractivity contribution in [2.24, 2.45) is 10.9 Å². The van der Waals surface area contributed by atoms with Gasteiger partial charge in [0.15, 0.2) is 5.96 Å². The molecule has 0 amide bonds. The van der Waals surface area contributed by atoms with Gasteiger partial charge in [-0.3, -0.25) is 9.89 Å². The number of ether oxygens (including phenoxy) is 3. The second-order valence-corrected chi connectivity index (χ2v) is 9.30. The zero-order valence-electron chi connectivity index (χ0n) is 20.4. The molecule has 1 aromatic rings. The van der Waals surface area contributed by atoms with E-state index in [9.17, 15) is 0 Å². The largest absolute Gasteiger partial charge is 0.494 e. The molecule has 2 heterocycles. The van der Waals surface area contributed by atoms with Gasteiger partial charge in [0.2, 0.25) is 0 Å². The SMILES string of the molecule is CCOc1ccc(C2(CNC(=NC)NCC3CN(CC(C)C)CCO3)CCOCC2)cc1. The number of hydrogen-bond donors (Lipinski definition) is 2. The van der Waals surface area contributed by atoms with Crippen molar-refractivity contribution in [2.45, 2.75) is 45.1 Å². The number of morpholine rings is 1. The Morgan fingerprint density at radius 3 is 2.59 bits per heavy atom. The monoisotopic (exact) mass is 446 g/mol. The molecule has 0 saturated carbocycles. The van der Waals surface area contributed by atoms with Crippen LogP contribution in [0.4, 0.5) is 0 Å². The standard InChI is InChI=1S/C25H42N4O3/c1-5-31-22-8-6-21(7-9-22)25(10-13-30-14-11-25)19-28-24(26-4)27-16-23-18-29(12-15-32-23)17-20(2)3/h6-9,20,23H,5,10-19H2,1-4H3,(H2,26,27,28). The fourth-order valence-electron chi connectivity index (χ4n) is 4.67. The van der Waals surface area contributed by atoms with E-state index in [0.29, 0.717) is 12.5 Å². The van der Waals surface area contributed by atoms with Crippen LogP contribution in [0, 0.1) is 5.92 Å². The number of guanidine groups is 1. The van der Waals surface area contributed by atoms with E-state index in [0.717, 1.165) is 77.1 Å². The molecule has 7 heteroatoms. The van der Waals surface area contributed by atoms with Crippen molar-refractivity contribution < 1.29 is 14.2 Å². The van der Waals surface area contributed by atoms with Crippen LogP contribution in [-0.2, 0) is 14.9 Å². The molecule has 0 aromatic heterocycles. The molecular formula is C25H42N4O3. The molecule has 32 heavy (non-hydrogen) atoms. The summed E-state index contributed by atoms with van der Waals surface area (Å²) in [6.45, 7) is 14.3. The fourth-order valence-corrected chi connectivity index (χ4v) is 4.67. The maximum absolute atomic E-state index is 5.98.